The molecule has 7 nitrogen and oxygen atoms in total. The van der Waals surface area contributed by atoms with Gasteiger partial charge < -0.3 is 14.2 Å². The van der Waals surface area contributed by atoms with Crippen LogP contribution in [0.3, 0.4) is 0 Å². The fourth-order valence-corrected chi connectivity index (χ4v) is 3.55. The second-order valence-corrected chi connectivity index (χ2v) is 8.27. The summed E-state index contributed by atoms with van der Waals surface area (Å²) in [4.78, 5) is 24.4. The molecule has 3 rings (SSSR count). The number of halogens is 4. The van der Waals surface area contributed by atoms with Gasteiger partial charge in [0.25, 0.3) is 5.91 Å². The van der Waals surface area contributed by atoms with Crippen LogP contribution in [0.15, 0.2) is 59.7 Å². The number of ether oxygens (including phenoxy) is 3. The Morgan fingerprint density at radius 3 is 2.24 bits per heavy atom. The third-order valence-electron chi connectivity index (χ3n) is 4.20. The van der Waals surface area contributed by atoms with Crippen molar-refractivity contribution < 1.29 is 23.8 Å². The number of carbonyl (C=O) groups excluding carboxylic acids is 2. The molecule has 11 heteroatoms. The number of benzene rings is 3. The zero-order valence-electron chi connectivity index (χ0n) is 17.5. The first-order valence-corrected chi connectivity index (χ1v) is 11.0. The summed E-state index contributed by atoms with van der Waals surface area (Å²) in [5.74, 6) is -0.406. The second kappa shape index (κ2) is 11.9. The van der Waals surface area contributed by atoms with Gasteiger partial charge in [-0.2, -0.15) is 5.10 Å². The van der Waals surface area contributed by atoms with Gasteiger partial charge in [0.05, 0.1) is 28.9 Å². The van der Waals surface area contributed by atoms with E-state index in [0.29, 0.717) is 21.4 Å². The molecule has 0 spiro atoms. The molecule has 3 aromatic carbocycles. The lowest BCUT2D eigenvalue weighted by Crippen LogP contribution is -2.24. The number of methoxy groups -OCH3 is 1. The first-order valence-electron chi connectivity index (χ1n) is 9.52. The van der Waals surface area contributed by atoms with Crippen molar-refractivity contribution in [3.63, 3.8) is 0 Å². The fourth-order valence-electron chi connectivity index (χ4n) is 2.61. The van der Waals surface area contributed by atoms with Crippen molar-refractivity contribution in [2.45, 2.75) is 0 Å². The number of nitrogens with zero attached hydrogens (tertiary/aromatic N) is 1. The topological polar surface area (TPSA) is 86.2 Å². The summed E-state index contributed by atoms with van der Waals surface area (Å²) in [6, 6.07) is 13.8. The molecule has 0 heterocycles. The zero-order valence-corrected chi connectivity index (χ0v) is 20.5. The van der Waals surface area contributed by atoms with Crippen LogP contribution in [0.1, 0.15) is 15.9 Å². The Morgan fingerprint density at radius 1 is 0.882 bits per heavy atom. The van der Waals surface area contributed by atoms with Crippen LogP contribution in [-0.2, 0) is 4.79 Å². The van der Waals surface area contributed by atoms with Crippen molar-refractivity contribution in [1.82, 2.24) is 5.43 Å². The predicted molar refractivity (Wildman–Crippen MR) is 132 cm³/mol. The highest BCUT2D eigenvalue weighted by Crippen LogP contribution is 2.30. The van der Waals surface area contributed by atoms with Gasteiger partial charge >= 0.3 is 5.97 Å². The summed E-state index contributed by atoms with van der Waals surface area (Å²) in [5, 5.41) is 5.18. The number of nitrogens with one attached hydrogen (secondary N) is 1. The molecule has 34 heavy (non-hydrogen) atoms. The van der Waals surface area contributed by atoms with E-state index in [1.165, 1.54) is 43.7 Å². The molecule has 0 saturated heterocycles. The summed E-state index contributed by atoms with van der Waals surface area (Å²) in [7, 11) is 1.42. The first-order chi connectivity index (χ1) is 16.3. The lowest BCUT2D eigenvalue weighted by molar-refractivity contribution is -0.123. The van der Waals surface area contributed by atoms with E-state index < -0.39 is 11.9 Å². The lowest BCUT2D eigenvalue weighted by Gasteiger charge is -2.11. The minimum absolute atomic E-state index is 0.156. The highest BCUT2D eigenvalue weighted by molar-refractivity contribution is 6.36. The number of esters is 1. The Balaban J connectivity index is 1.59. The number of hydrogen-bond donors (Lipinski definition) is 1. The lowest BCUT2D eigenvalue weighted by atomic mass is 10.2. The molecule has 0 aromatic heterocycles. The van der Waals surface area contributed by atoms with Gasteiger partial charge in [-0.1, -0.05) is 46.4 Å². The smallest absolute Gasteiger partial charge is 0.345 e. The average Bonchev–Trinajstić information content (AvgIpc) is 2.79. The summed E-state index contributed by atoms with van der Waals surface area (Å²) in [6.07, 6.45) is 1.39. The van der Waals surface area contributed by atoms with Crippen LogP contribution in [0.25, 0.3) is 0 Å². The number of carbonyl (C=O) groups is 2. The fraction of sp³-hybridized carbons (Fsp3) is 0.0870. The van der Waals surface area contributed by atoms with E-state index in [1.807, 2.05) is 0 Å². The van der Waals surface area contributed by atoms with Gasteiger partial charge in [-0.15, -0.1) is 0 Å². The van der Waals surface area contributed by atoms with Crippen molar-refractivity contribution in [2.24, 2.45) is 5.10 Å². The van der Waals surface area contributed by atoms with E-state index in [0.717, 1.165) is 0 Å². The molecule has 0 fully saturated rings. The quantitative estimate of drug-likeness (QED) is 0.162. The molecule has 1 amide bonds. The van der Waals surface area contributed by atoms with E-state index in [9.17, 15) is 9.59 Å². The molecule has 176 valence electrons. The van der Waals surface area contributed by atoms with Gasteiger partial charge in [0.15, 0.2) is 18.1 Å². The van der Waals surface area contributed by atoms with Gasteiger partial charge in [-0.25, -0.2) is 10.2 Å². The van der Waals surface area contributed by atoms with Crippen LogP contribution < -0.4 is 19.6 Å². The highest BCUT2D eigenvalue weighted by Gasteiger charge is 2.16. The molecule has 0 aliphatic carbocycles. The average molecular weight is 542 g/mol. The molecule has 0 aliphatic rings. The Morgan fingerprint density at radius 2 is 1.56 bits per heavy atom. The summed E-state index contributed by atoms with van der Waals surface area (Å²) in [5.41, 5.74) is 3.06. The van der Waals surface area contributed by atoms with Crippen LogP contribution in [-0.4, -0.2) is 31.8 Å². The maximum absolute atomic E-state index is 12.4. The van der Waals surface area contributed by atoms with Crippen molar-refractivity contribution in [1.29, 1.82) is 0 Å². The van der Waals surface area contributed by atoms with Gasteiger partial charge in [-0.05, 0) is 60.2 Å². The van der Waals surface area contributed by atoms with Crippen molar-refractivity contribution in [3.05, 3.63) is 85.8 Å². The third kappa shape index (κ3) is 7.01. The zero-order chi connectivity index (χ0) is 24.7. The van der Waals surface area contributed by atoms with Crippen LogP contribution in [0.4, 0.5) is 0 Å². The first kappa shape index (κ1) is 25.6. The van der Waals surface area contributed by atoms with E-state index in [1.54, 1.807) is 24.3 Å². The van der Waals surface area contributed by atoms with Crippen LogP contribution in [0, 0.1) is 0 Å². The predicted octanol–water partition coefficient (Wildman–Crippen LogP) is 6.06. The van der Waals surface area contributed by atoms with E-state index in [4.69, 9.17) is 60.6 Å². The van der Waals surface area contributed by atoms with Crippen molar-refractivity contribution in [2.75, 3.05) is 13.7 Å². The van der Waals surface area contributed by atoms with E-state index in [-0.39, 0.29) is 33.7 Å². The van der Waals surface area contributed by atoms with Crippen molar-refractivity contribution in [3.8, 4) is 17.2 Å². The van der Waals surface area contributed by atoms with Gasteiger partial charge in [0.2, 0.25) is 0 Å². The maximum Gasteiger partial charge on any atom is 0.345 e. The molecule has 0 radical (unpaired) electrons. The SMILES string of the molecule is COc1cc(/C=N\NC(=O)COc2ccc(Cl)cc2Cl)ccc1OC(=O)c1ccc(Cl)cc1Cl. The summed E-state index contributed by atoms with van der Waals surface area (Å²) in [6.45, 7) is -0.301. The standard InChI is InChI=1S/C23H16Cl4N2O5/c1-32-21-8-13(2-6-20(21)34-23(31)16-5-3-14(24)9-17(16)26)11-28-29-22(30)12-33-19-7-4-15(25)10-18(19)27/h2-11H,12H2,1H3,(H,29,30)/b28-11-. The number of hydrogen-bond acceptors (Lipinski definition) is 6. The number of hydrazone groups is 1. The van der Waals surface area contributed by atoms with Crippen LogP contribution in [0.2, 0.25) is 20.1 Å². The third-order valence-corrected chi connectivity index (χ3v) is 5.28. The van der Waals surface area contributed by atoms with Gasteiger partial charge in [0.1, 0.15) is 5.75 Å². The van der Waals surface area contributed by atoms with Gasteiger partial charge in [-0.3, -0.25) is 4.79 Å². The molecular weight excluding hydrogens is 526 g/mol. The maximum atomic E-state index is 12.4. The minimum Gasteiger partial charge on any atom is -0.493 e. The molecule has 0 saturated carbocycles. The number of amides is 1. The van der Waals surface area contributed by atoms with E-state index >= 15 is 0 Å². The Labute approximate surface area is 215 Å². The minimum atomic E-state index is -0.672. The molecule has 0 atom stereocenters. The molecule has 3 aromatic rings. The van der Waals surface area contributed by atoms with Gasteiger partial charge in [0, 0.05) is 10.0 Å². The van der Waals surface area contributed by atoms with Crippen molar-refractivity contribution >= 4 is 64.5 Å². The highest BCUT2D eigenvalue weighted by atomic mass is 35.5. The Kier molecular flexibility index (Phi) is 9.01. The molecular formula is C23H16Cl4N2O5. The normalized spacial score (nSPS) is 10.7. The molecule has 0 bridgehead atoms. The largest absolute Gasteiger partial charge is 0.493 e. The summed E-state index contributed by atoms with van der Waals surface area (Å²) < 4.78 is 16.0. The Bertz CT molecular complexity index is 1250. The van der Waals surface area contributed by atoms with E-state index in [2.05, 4.69) is 10.5 Å². The van der Waals surface area contributed by atoms with Crippen LogP contribution in [0.5, 0.6) is 17.2 Å². The Hall–Kier alpha value is -2.97. The molecule has 1 N–H and O–H groups in total. The summed E-state index contributed by atoms with van der Waals surface area (Å²) >= 11 is 23.7. The monoisotopic (exact) mass is 540 g/mol. The van der Waals surface area contributed by atoms with Crippen LogP contribution >= 0.6 is 46.4 Å². The molecule has 0 unspecified atom stereocenters. The molecule has 0 aliphatic heterocycles. The second-order valence-electron chi connectivity index (χ2n) is 6.58. The number of rotatable bonds is 8.